The first kappa shape index (κ1) is 15.7. The summed E-state index contributed by atoms with van der Waals surface area (Å²) in [7, 11) is 1.76. The van der Waals surface area contributed by atoms with Gasteiger partial charge in [0.15, 0.2) is 0 Å². The van der Waals surface area contributed by atoms with Gasteiger partial charge in [0.25, 0.3) is 0 Å². The van der Waals surface area contributed by atoms with Gasteiger partial charge in [-0.15, -0.1) is 22.7 Å². The molecule has 0 saturated carbocycles. The van der Waals surface area contributed by atoms with Crippen LogP contribution >= 0.6 is 22.7 Å². The topological polar surface area (TPSA) is 53.4 Å². The fourth-order valence-electron chi connectivity index (χ4n) is 2.18. The van der Waals surface area contributed by atoms with Crippen molar-refractivity contribution in [3.05, 3.63) is 58.4 Å². The van der Waals surface area contributed by atoms with Crippen molar-refractivity contribution >= 4 is 28.6 Å². The summed E-state index contributed by atoms with van der Waals surface area (Å²) >= 11 is 3.25. The van der Waals surface area contributed by atoms with Gasteiger partial charge in [0.1, 0.15) is 10.8 Å². The summed E-state index contributed by atoms with van der Waals surface area (Å²) in [6.07, 6.45) is 0.186. The van der Waals surface area contributed by atoms with Crippen molar-refractivity contribution in [2.45, 2.75) is 13.0 Å². The molecule has 118 valence electrons. The Labute approximate surface area is 142 Å². The first-order chi connectivity index (χ1) is 11.1. The summed E-state index contributed by atoms with van der Waals surface area (Å²) < 4.78 is 0. The zero-order chi connectivity index (χ0) is 16.2. The molecular formula is C17H16N2O2S2. The van der Waals surface area contributed by atoms with E-state index in [2.05, 4.69) is 4.98 Å². The number of aromatic nitrogens is 1. The zero-order valence-corrected chi connectivity index (χ0v) is 14.2. The van der Waals surface area contributed by atoms with Crippen molar-refractivity contribution < 1.29 is 9.90 Å². The molecule has 2 aromatic heterocycles. The minimum atomic E-state index is -0.0443. The summed E-state index contributed by atoms with van der Waals surface area (Å²) in [6, 6.07) is 11.0. The molecule has 0 fully saturated rings. The molecule has 0 bridgehead atoms. The van der Waals surface area contributed by atoms with Gasteiger partial charge in [0.05, 0.1) is 23.5 Å². The molecule has 4 nitrogen and oxygen atoms in total. The predicted octanol–water partition coefficient (Wildman–Crippen LogP) is 3.78. The molecule has 1 N–H and O–H groups in total. The van der Waals surface area contributed by atoms with Crippen LogP contribution < -0.4 is 0 Å². The molecule has 2 heterocycles. The molecule has 1 amide bonds. The largest absolute Gasteiger partial charge is 0.508 e. The quantitative estimate of drug-likeness (QED) is 0.766. The van der Waals surface area contributed by atoms with Crippen molar-refractivity contribution in [1.82, 2.24) is 9.88 Å². The van der Waals surface area contributed by atoms with Crippen LogP contribution in [0.25, 0.3) is 9.88 Å². The van der Waals surface area contributed by atoms with Gasteiger partial charge in [0.2, 0.25) is 5.91 Å². The average molecular weight is 344 g/mol. The summed E-state index contributed by atoms with van der Waals surface area (Å²) in [4.78, 5) is 19.7. The zero-order valence-electron chi connectivity index (χ0n) is 12.6. The van der Waals surface area contributed by atoms with Crippen LogP contribution in [0, 0.1) is 0 Å². The summed E-state index contributed by atoms with van der Waals surface area (Å²) in [6.45, 7) is 0.467. The maximum Gasteiger partial charge on any atom is 0.227 e. The molecule has 0 radical (unpaired) electrons. The van der Waals surface area contributed by atoms with E-state index in [-0.39, 0.29) is 18.1 Å². The third kappa shape index (κ3) is 3.78. The Bertz CT molecular complexity index is 797. The number of aromatic hydroxyl groups is 1. The molecule has 1 aromatic carbocycles. The van der Waals surface area contributed by atoms with Crippen LogP contribution in [0.15, 0.2) is 47.2 Å². The molecule has 0 spiro atoms. The van der Waals surface area contributed by atoms with Crippen LogP contribution in [0.2, 0.25) is 0 Å². The smallest absolute Gasteiger partial charge is 0.227 e. The highest BCUT2D eigenvalue weighted by molar-refractivity contribution is 7.20. The van der Waals surface area contributed by atoms with Crippen molar-refractivity contribution in [1.29, 1.82) is 0 Å². The number of benzene rings is 1. The van der Waals surface area contributed by atoms with E-state index in [1.54, 1.807) is 52.8 Å². The van der Waals surface area contributed by atoms with Gasteiger partial charge >= 0.3 is 0 Å². The van der Waals surface area contributed by atoms with Crippen LogP contribution in [0.3, 0.4) is 0 Å². The van der Waals surface area contributed by atoms with E-state index in [1.165, 1.54) is 0 Å². The minimum absolute atomic E-state index is 0.0443. The highest BCUT2D eigenvalue weighted by Crippen LogP contribution is 2.28. The van der Waals surface area contributed by atoms with E-state index in [9.17, 15) is 9.90 Å². The number of phenolic OH excluding ortho intramolecular Hbond substituents is 1. The summed E-state index contributed by atoms with van der Waals surface area (Å²) in [5.74, 6) is 0.111. The first-order valence-electron chi connectivity index (χ1n) is 7.12. The lowest BCUT2D eigenvalue weighted by Crippen LogP contribution is -2.27. The van der Waals surface area contributed by atoms with Crippen molar-refractivity contribution in [3.8, 4) is 15.6 Å². The number of amides is 1. The molecule has 0 aliphatic carbocycles. The van der Waals surface area contributed by atoms with E-state index in [4.69, 9.17) is 0 Å². The van der Waals surface area contributed by atoms with Gasteiger partial charge in [-0.1, -0.05) is 24.3 Å². The highest BCUT2D eigenvalue weighted by atomic mass is 32.1. The molecule has 0 aliphatic heterocycles. The second kappa shape index (κ2) is 6.93. The van der Waals surface area contributed by atoms with Crippen LogP contribution in [0.1, 0.15) is 11.3 Å². The number of hydrogen-bond donors (Lipinski definition) is 1. The third-order valence-electron chi connectivity index (χ3n) is 3.44. The van der Waals surface area contributed by atoms with Gasteiger partial charge in [0, 0.05) is 18.0 Å². The van der Waals surface area contributed by atoms with Crippen molar-refractivity contribution in [2.24, 2.45) is 0 Å². The number of likely N-dealkylation sites (N-methyl/N-ethyl adjacent to an activating group) is 1. The fraction of sp³-hybridized carbons (Fsp3) is 0.176. The van der Waals surface area contributed by atoms with Gasteiger partial charge in [-0.3, -0.25) is 4.79 Å². The number of nitrogens with zero attached hydrogens (tertiary/aromatic N) is 2. The molecule has 0 aliphatic rings. The number of hydrogen-bond acceptors (Lipinski definition) is 5. The second-order valence-corrected chi connectivity index (χ2v) is 6.98. The Morgan fingerprint density at radius 3 is 2.78 bits per heavy atom. The number of para-hydroxylation sites is 1. The Balaban J connectivity index is 1.64. The maximum atomic E-state index is 12.3. The second-order valence-electron chi connectivity index (χ2n) is 5.18. The van der Waals surface area contributed by atoms with E-state index < -0.39 is 0 Å². The maximum absolute atomic E-state index is 12.3. The van der Waals surface area contributed by atoms with E-state index in [1.807, 2.05) is 29.0 Å². The lowest BCUT2D eigenvalue weighted by atomic mass is 10.1. The number of thiophene rings is 1. The Morgan fingerprint density at radius 1 is 1.22 bits per heavy atom. The van der Waals surface area contributed by atoms with Gasteiger partial charge in [-0.25, -0.2) is 4.98 Å². The Morgan fingerprint density at radius 2 is 2.04 bits per heavy atom. The molecule has 0 unspecified atom stereocenters. The van der Waals surface area contributed by atoms with E-state index in [0.717, 1.165) is 15.6 Å². The average Bonchev–Trinajstić information content (AvgIpc) is 3.20. The lowest BCUT2D eigenvalue weighted by molar-refractivity contribution is -0.129. The van der Waals surface area contributed by atoms with Crippen LogP contribution in [0.5, 0.6) is 5.75 Å². The third-order valence-corrected chi connectivity index (χ3v) is 5.37. The van der Waals surface area contributed by atoms with E-state index in [0.29, 0.717) is 12.1 Å². The number of phenols is 1. The number of carbonyl (C=O) groups is 1. The Kier molecular flexibility index (Phi) is 4.73. The van der Waals surface area contributed by atoms with Gasteiger partial charge < -0.3 is 10.0 Å². The summed E-state index contributed by atoms with van der Waals surface area (Å²) in [5, 5.41) is 14.8. The van der Waals surface area contributed by atoms with Crippen LogP contribution in [-0.4, -0.2) is 27.9 Å². The van der Waals surface area contributed by atoms with Gasteiger partial charge in [-0.2, -0.15) is 0 Å². The minimum Gasteiger partial charge on any atom is -0.508 e. The molecule has 3 rings (SSSR count). The molecule has 3 aromatic rings. The monoisotopic (exact) mass is 344 g/mol. The van der Waals surface area contributed by atoms with Gasteiger partial charge in [-0.05, 0) is 17.5 Å². The number of carbonyl (C=O) groups excluding carboxylic acids is 1. The SMILES string of the molecule is CN(Cc1csc(-c2cccs2)n1)C(=O)Cc1ccccc1O. The predicted molar refractivity (Wildman–Crippen MR) is 93.7 cm³/mol. The molecule has 6 heteroatoms. The standard InChI is InChI=1S/C17H16N2O2S2/c1-19(16(21)9-12-5-2-3-6-14(12)20)10-13-11-23-17(18-13)15-7-4-8-22-15/h2-8,11,20H,9-10H2,1H3. The number of rotatable bonds is 5. The first-order valence-corrected chi connectivity index (χ1v) is 8.88. The van der Waals surface area contributed by atoms with Crippen molar-refractivity contribution in [2.75, 3.05) is 7.05 Å². The fourth-order valence-corrected chi connectivity index (χ4v) is 3.81. The van der Waals surface area contributed by atoms with Crippen LogP contribution in [0.4, 0.5) is 0 Å². The Hall–Kier alpha value is -2.18. The molecule has 0 saturated heterocycles. The highest BCUT2D eigenvalue weighted by Gasteiger charge is 2.14. The van der Waals surface area contributed by atoms with Crippen LogP contribution in [-0.2, 0) is 17.8 Å². The van der Waals surface area contributed by atoms with Crippen molar-refractivity contribution in [3.63, 3.8) is 0 Å². The number of thiazole rings is 1. The molecule has 0 atom stereocenters. The molecule has 23 heavy (non-hydrogen) atoms. The molecular weight excluding hydrogens is 328 g/mol. The summed E-state index contributed by atoms with van der Waals surface area (Å²) in [5.41, 5.74) is 1.52. The normalized spacial score (nSPS) is 10.7. The van der Waals surface area contributed by atoms with E-state index >= 15 is 0 Å². The lowest BCUT2D eigenvalue weighted by Gasteiger charge is -2.16.